The van der Waals surface area contributed by atoms with Crippen LogP contribution in [0.25, 0.3) is 0 Å². The highest BCUT2D eigenvalue weighted by molar-refractivity contribution is 7.92. The number of benzene rings is 1. The molecule has 2 N–H and O–H groups in total. The van der Waals surface area contributed by atoms with Crippen molar-refractivity contribution in [3.8, 4) is 0 Å². The molecular weight excluding hydrogens is 248 g/mol. The predicted molar refractivity (Wildman–Crippen MR) is 62.2 cm³/mol. The van der Waals surface area contributed by atoms with E-state index in [9.17, 15) is 17.2 Å². The Morgan fingerprint density at radius 2 is 1.76 bits per heavy atom. The van der Waals surface area contributed by atoms with Crippen LogP contribution < -0.4 is 5.73 Å². The number of rotatable bonds is 3. The van der Waals surface area contributed by atoms with Crippen molar-refractivity contribution in [3.05, 3.63) is 35.4 Å². The van der Waals surface area contributed by atoms with Crippen molar-refractivity contribution < 1.29 is 17.2 Å². The lowest BCUT2D eigenvalue weighted by Gasteiger charge is -2.30. The van der Waals surface area contributed by atoms with Gasteiger partial charge < -0.3 is 5.73 Å². The summed E-state index contributed by atoms with van der Waals surface area (Å²) in [6.07, 6.45) is 1.06. The minimum absolute atomic E-state index is 0.249. The zero-order valence-electron chi connectivity index (χ0n) is 9.87. The average Bonchev–Trinajstić information content (AvgIpc) is 2.19. The molecule has 96 valence electrons. The smallest absolute Gasteiger partial charge is 0.159 e. The van der Waals surface area contributed by atoms with Crippen LogP contribution in [0.2, 0.25) is 0 Å². The highest BCUT2D eigenvalue weighted by Gasteiger charge is 2.37. The van der Waals surface area contributed by atoms with E-state index in [2.05, 4.69) is 0 Å². The first-order valence-electron chi connectivity index (χ1n) is 4.97. The molecule has 0 saturated carbocycles. The normalized spacial score (nSPS) is 14.7. The average molecular weight is 263 g/mol. The number of nitrogens with two attached hydrogens (primary N) is 1. The van der Waals surface area contributed by atoms with Gasteiger partial charge >= 0.3 is 0 Å². The molecule has 3 nitrogen and oxygen atoms in total. The summed E-state index contributed by atoms with van der Waals surface area (Å²) >= 11 is 0. The first kappa shape index (κ1) is 14.1. The molecule has 0 amide bonds. The molecule has 1 rings (SSSR count). The van der Waals surface area contributed by atoms with Crippen LogP contribution in [0.4, 0.5) is 8.78 Å². The Bertz CT molecular complexity index is 526. The third-order valence-corrected chi connectivity index (χ3v) is 5.17. The van der Waals surface area contributed by atoms with Crippen molar-refractivity contribution in [2.24, 2.45) is 5.73 Å². The molecule has 1 aromatic carbocycles. The topological polar surface area (TPSA) is 60.2 Å². The van der Waals surface area contributed by atoms with Crippen LogP contribution >= 0.6 is 0 Å². The van der Waals surface area contributed by atoms with Gasteiger partial charge in [-0.3, -0.25) is 0 Å². The van der Waals surface area contributed by atoms with Crippen LogP contribution in [-0.4, -0.2) is 19.4 Å². The molecule has 6 heteroatoms. The van der Waals surface area contributed by atoms with Crippen LogP contribution in [0.3, 0.4) is 0 Å². The molecule has 1 unspecified atom stereocenters. The lowest BCUT2D eigenvalue weighted by atomic mass is 9.96. The Hall–Kier alpha value is -1.01. The van der Waals surface area contributed by atoms with Gasteiger partial charge in [0.15, 0.2) is 21.5 Å². The quantitative estimate of drug-likeness (QED) is 0.904. The molecule has 0 radical (unpaired) electrons. The molecule has 0 aliphatic carbocycles. The maximum atomic E-state index is 13.0. The van der Waals surface area contributed by atoms with E-state index in [0.29, 0.717) is 0 Å². The lowest BCUT2D eigenvalue weighted by Crippen LogP contribution is -2.42. The van der Waals surface area contributed by atoms with E-state index >= 15 is 0 Å². The summed E-state index contributed by atoms with van der Waals surface area (Å²) in [5.74, 6) is -2.03. The van der Waals surface area contributed by atoms with Crippen LogP contribution in [0.15, 0.2) is 18.2 Å². The van der Waals surface area contributed by atoms with Gasteiger partial charge in [-0.15, -0.1) is 0 Å². The SMILES string of the molecule is CC(C)(C(N)c1ccc(F)c(F)c1)S(C)(=O)=O. The number of halogens is 2. The Morgan fingerprint density at radius 1 is 1.24 bits per heavy atom. The summed E-state index contributed by atoms with van der Waals surface area (Å²) in [5, 5.41) is 0. The fourth-order valence-corrected chi connectivity index (χ4v) is 1.94. The van der Waals surface area contributed by atoms with E-state index in [-0.39, 0.29) is 5.56 Å². The van der Waals surface area contributed by atoms with Gasteiger partial charge in [-0.05, 0) is 31.5 Å². The van der Waals surface area contributed by atoms with E-state index in [1.54, 1.807) is 0 Å². The van der Waals surface area contributed by atoms with Gasteiger partial charge in [0.25, 0.3) is 0 Å². The molecular formula is C11H15F2NO2S. The maximum Gasteiger partial charge on any atom is 0.159 e. The van der Waals surface area contributed by atoms with Gasteiger partial charge in [0.1, 0.15) is 0 Å². The van der Waals surface area contributed by atoms with Crippen molar-refractivity contribution >= 4 is 9.84 Å². The van der Waals surface area contributed by atoms with Gasteiger partial charge in [0.2, 0.25) is 0 Å². The molecule has 0 fully saturated rings. The Kier molecular flexibility index (Phi) is 3.59. The van der Waals surface area contributed by atoms with Gasteiger partial charge in [0.05, 0.1) is 4.75 Å². The summed E-state index contributed by atoms with van der Waals surface area (Å²) in [6.45, 7) is 2.91. The predicted octanol–water partition coefficient (Wildman–Crippen LogP) is 1.79. The largest absolute Gasteiger partial charge is 0.323 e. The van der Waals surface area contributed by atoms with Crippen molar-refractivity contribution in [3.63, 3.8) is 0 Å². The second-order valence-corrected chi connectivity index (χ2v) is 7.12. The van der Waals surface area contributed by atoms with E-state index in [0.717, 1.165) is 18.4 Å². The summed E-state index contributed by atoms with van der Waals surface area (Å²) in [7, 11) is -3.41. The Labute approximate surface area is 99.6 Å². The third-order valence-electron chi connectivity index (χ3n) is 3.01. The molecule has 1 atom stereocenters. The molecule has 0 saturated heterocycles. The van der Waals surface area contributed by atoms with Crippen LogP contribution in [0, 0.1) is 11.6 Å². The molecule has 1 aromatic rings. The highest BCUT2D eigenvalue weighted by atomic mass is 32.2. The zero-order chi connectivity index (χ0) is 13.4. The Balaban J connectivity index is 3.21. The first-order valence-corrected chi connectivity index (χ1v) is 6.86. The second-order valence-electron chi connectivity index (χ2n) is 4.53. The van der Waals surface area contributed by atoms with Crippen LogP contribution in [-0.2, 0) is 9.84 Å². The molecule has 0 bridgehead atoms. The van der Waals surface area contributed by atoms with Crippen LogP contribution in [0.1, 0.15) is 25.5 Å². The van der Waals surface area contributed by atoms with Crippen LogP contribution in [0.5, 0.6) is 0 Å². The van der Waals surface area contributed by atoms with Gasteiger partial charge in [-0.2, -0.15) is 0 Å². The zero-order valence-corrected chi connectivity index (χ0v) is 10.7. The summed E-state index contributed by atoms with van der Waals surface area (Å²) in [4.78, 5) is 0. The highest BCUT2D eigenvalue weighted by Crippen LogP contribution is 2.30. The maximum absolute atomic E-state index is 13.0. The lowest BCUT2D eigenvalue weighted by molar-refractivity contribution is 0.483. The van der Waals surface area contributed by atoms with Crippen molar-refractivity contribution in [1.29, 1.82) is 0 Å². The Morgan fingerprint density at radius 3 is 2.18 bits per heavy atom. The number of sulfone groups is 1. The molecule has 17 heavy (non-hydrogen) atoms. The monoisotopic (exact) mass is 263 g/mol. The third kappa shape index (κ3) is 2.63. The van der Waals surface area contributed by atoms with Gasteiger partial charge in [-0.25, -0.2) is 17.2 Å². The first-order chi connectivity index (χ1) is 7.57. The van der Waals surface area contributed by atoms with E-state index in [4.69, 9.17) is 5.73 Å². The van der Waals surface area contributed by atoms with Crippen molar-refractivity contribution in [2.45, 2.75) is 24.6 Å². The number of hydrogen-bond donors (Lipinski definition) is 1. The molecule has 0 aromatic heterocycles. The second kappa shape index (κ2) is 4.34. The fraction of sp³-hybridized carbons (Fsp3) is 0.455. The van der Waals surface area contributed by atoms with E-state index in [1.807, 2.05) is 0 Å². The summed E-state index contributed by atoms with van der Waals surface area (Å²) < 4.78 is 47.7. The minimum Gasteiger partial charge on any atom is -0.323 e. The van der Waals surface area contributed by atoms with Gasteiger partial charge in [0, 0.05) is 12.3 Å². The molecule has 0 heterocycles. The van der Waals surface area contributed by atoms with E-state index < -0.39 is 32.3 Å². The fourth-order valence-electron chi connectivity index (χ4n) is 1.34. The molecule has 0 aliphatic heterocycles. The molecule has 0 aliphatic rings. The van der Waals surface area contributed by atoms with Crippen molar-refractivity contribution in [1.82, 2.24) is 0 Å². The van der Waals surface area contributed by atoms with E-state index in [1.165, 1.54) is 19.9 Å². The number of hydrogen-bond acceptors (Lipinski definition) is 3. The minimum atomic E-state index is -3.41. The standard InChI is InChI=1S/C11H15F2NO2S/c1-11(2,17(3,15)16)10(14)7-4-5-8(12)9(13)6-7/h4-6,10H,14H2,1-3H3. The summed E-state index contributed by atoms with van der Waals surface area (Å²) in [6, 6.07) is 2.22. The molecule has 0 spiro atoms. The van der Waals surface area contributed by atoms with Gasteiger partial charge in [-0.1, -0.05) is 6.07 Å². The van der Waals surface area contributed by atoms with Crippen molar-refractivity contribution in [2.75, 3.05) is 6.26 Å². The summed E-state index contributed by atoms with van der Waals surface area (Å²) in [5.41, 5.74) is 6.06.